The van der Waals surface area contributed by atoms with Crippen molar-refractivity contribution in [2.45, 2.75) is 6.54 Å². The molecular weight excluding hydrogens is 398 g/mol. The number of hydrogen-bond donors (Lipinski definition) is 0. The molecule has 6 nitrogen and oxygen atoms in total. The maximum atomic E-state index is 12.7. The summed E-state index contributed by atoms with van der Waals surface area (Å²) in [6.07, 6.45) is 1.44. The van der Waals surface area contributed by atoms with Crippen molar-refractivity contribution in [2.24, 2.45) is 0 Å². The summed E-state index contributed by atoms with van der Waals surface area (Å²) in [4.78, 5) is 26.4. The number of halogens is 1. The van der Waals surface area contributed by atoms with Crippen molar-refractivity contribution in [1.29, 1.82) is 0 Å². The second-order valence-corrected chi connectivity index (χ2v) is 6.80. The topological polar surface area (TPSA) is 68.3 Å². The van der Waals surface area contributed by atoms with Gasteiger partial charge < -0.3 is 9.32 Å². The van der Waals surface area contributed by atoms with Gasteiger partial charge in [0.2, 0.25) is 5.91 Å². The van der Waals surface area contributed by atoms with Crippen molar-refractivity contribution in [3.05, 3.63) is 69.6 Å². The summed E-state index contributed by atoms with van der Waals surface area (Å²) in [6.45, 7) is 0.0174. The minimum absolute atomic E-state index is 0.0174. The van der Waals surface area contributed by atoms with Gasteiger partial charge in [-0.25, -0.2) is 4.79 Å². The lowest BCUT2D eigenvalue weighted by molar-refractivity contribution is -0.119. The van der Waals surface area contributed by atoms with Gasteiger partial charge in [0.25, 0.3) is 0 Å². The third-order valence-electron chi connectivity index (χ3n) is 4.28. The zero-order valence-electron chi connectivity index (χ0n) is 13.8. The summed E-state index contributed by atoms with van der Waals surface area (Å²) < 4.78 is 7.80. The maximum absolute atomic E-state index is 12.7. The Morgan fingerprint density at radius 3 is 2.65 bits per heavy atom. The fourth-order valence-corrected chi connectivity index (χ4v) is 3.15. The fourth-order valence-electron chi connectivity index (χ4n) is 2.89. The molecule has 0 unspecified atom stereocenters. The summed E-state index contributed by atoms with van der Waals surface area (Å²) in [5, 5.41) is 5.35. The molecule has 4 aromatic rings. The molecule has 7 heteroatoms. The largest absolute Gasteiger partial charge is 0.422 e. The molecule has 0 saturated carbocycles. The van der Waals surface area contributed by atoms with Crippen LogP contribution in [0.5, 0.6) is 0 Å². The number of hydrogen-bond acceptors (Lipinski definition) is 4. The van der Waals surface area contributed by atoms with Crippen molar-refractivity contribution < 1.29 is 9.21 Å². The molecule has 26 heavy (non-hydrogen) atoms. The van der Waals surface area contributed by atoms with Crippen molar-refractivity contribution in [3.63, 3.8) is 0 Å². The van der Waals surface area contributed by atoms with Crippen molar-refractivity contribution in [2.75, 3.05) is 11.9 Å². The molecule has 0 N–H and O–H groups in total. The number of likely N-dealkylation sites (N-methyl/N-ethyl adjacent to an activating group) is 1. The van der Waals surface area contributed by atoms with E-state index in [1.54, 1.807) is 28.8 Å². The highest BCUT2D eigenvalue weighted by atomic mass is 79.9. The van der Waals surface area contributed by atoms with E-state index in [0.717, 1.165) is 15.5 Å². The normalized spacial score (nSPS) is 11.2. The van der Waals surface area contributed by atoms with E-state index in [0.29, 0.717) is 16.5 Å². The van der Waals surface area contributed by atoms with Crippen molar-refractivity contribution >= 4 is 49.4 Å². The van der Waals surface area contributed by atoms with E-state index < -0.39 is 5.63 Å². The minimum atomic E-state index is -0.460. The predicted octanol–water partition coefficient (Wildman–Crippen LogP) is 3.57. The standard InChI is InChI=1S/C19H14BrN3O3/c1-22(13-8-6-12(20)7-9-13)17(24)11-23-18-14-4-2-3-5-16(14)26-19(25)15(18)10-21-23/h2-10H,11H2,1H3. The van der Waals surface area contributed by atoms with E-state index in [1.807, 2.05) is 36.4 Å². The maximum Gasteiger partial charge on any atom is 0.347 e. The van der Waals surface area contributed by atoms with Crippen LogP contribution < -0.4 is 10.5 Å². The SMILES string of the molecule is CN(C(=O)Cn1ncc2c(=O)oc3ccccc3c21)c1ccc(Br)cc1. The van der Waals surface area contributed by atoms with E-state index in [4.69, 9.17) is 4.42 Å². The average molecular weight is 412 g/mol. The van der Waals surface area contributed by atoms with Gasteiger partial charge >= 0.3 is 5.63 Å². The van der Waals surface area contributed by atoms with Crippen LogP contribution in [0.4, 0.5) is 5.69 Å². The molecule has 1 amide bonds. The molecule has 0 bridgehead atoms. The van der Waals surface area contributed by atoms with Gasteiger partial charge in [0.15, 0.2) is 0 Å². The van der Waals surface area contributed by atoms with Crippen LogP contribution in [0.15, 0.2) is 68.4 Å². The Balaban J connectivity index is 1.74. The average Bonchev–Trinajstić information content (AvgIpc) is 3.06. The Kier molecular flexibility index (Phi) is 4.08. The number of nitrogens with zero attached hydrogens (tertiary/aromatic N) is 3. The summed E-state index contributed by atoms with van der Waals surface area (Å²) in [6, 6.07) is 14.7. The number of rotatable bonds is 3. The molecule has 0 aliphatic heterocycles. The first kappa shape index (κ1) is 16.5. The molecule has 0 atom stereocenters. The number of para-hydroxylation sites is 1. The second kappa shape index (κ2) is 6.42. The number of anilines is 1. The quantitative estimate of drug-likeness (QED) is 0.483. The third kappa shape index (κ3) is 2.80. The monoisotopic (exact) mass is 411 g/mol. The van der Waals surface area contributed by atoms with Gasteiger partial charge in [0.1, 0.15) is 17.5 Å². The fraction of sp³-hybridized carbons (Fsp3) is 0.105. The molecule has 0 fully saturated rings. The molecular formula is C19H14BrN3O3. The molecule has 2 aromatic heterocycles. The summed E-state index contributed by atoms with van der Waals surface area (Å²) in [5.74, 6) is -0.144. The minimum Gasteiger partial charge on any atom is -0.422 e. The number of aromatic nitrogens is 2. The van der Waals surface area contributed by atoms with Gasteiger partial charge in [-0.15, -0.1) is 0 Å². The third-order valence-corrected chi connectivity index (χ3v) is 4.81. The number of fused-ring (bicyclic) bond motifs is 3. The van der Waals surface area contributed by atoms with Gasteiger partial charge in [-0.05, 0) is 36.4 Å². The summed E-state index contributed by atoms with van der Waals surface area (Å²) in [7, 11) is 1.71. The number of amides is 1. The van der Waals surface area contributed by atoms with E-state index in [-0.39, 0.29) is 12.5 Å². The first-order chi connectivity index (χ1) is 12.5. The van der Waals surface area contributed by atoms with E-state index in [2.05, 4.69) is 21.0 Å². The first-order valence-electron chi connectivity index (χ1n) is 7.94. The van der Waals surface area contributed by atoms with Gasteiger partial charge in [0, 0.05) is 22.6 Å². The molecule has 0 aliphatic carbocycles. The molecule has 0 saturated heterocycles. The molecule has 0 aliphatic rings. The Labute approximate surface area is 156 Å². The Bertz CT molecular complexity index is 1180. The molecule has 2 aromatic carbocycles. The van der Waals surface area contributed by atoms with Crippen molar-refractivity contribution in [3.8, 4) is 0 Å². The van der Waals surface area contributed by atoms with E-state index >= 15 is 0 Å². The van der Waals surface area contributed by atoms with Crippen LogP contribution in [0.2, 0.25) is 0 Å². The lowest BCUT2D eigenvalue weighted by Gasteiger charge is -2.17. The second-order valence-electron chi connectivity index (χ2n) is 5.88. The Hall–Kier alpha value is -2.93. The first-order valence-corrected chi connectivity index (χ1v) is 8.73. The molecule has 2 heterocycles. The predicted molar refractivity (Wildman–Crippen MR) is 103 cm³/mol. The number of carbonyl (C=O) groups is 1. The lowest BCUT2D eigenvalue weighted by atomic mass is 10.2. The van der Waals surface area contributed by atoms with Crippen LogP contribution >= 0.6 is 15.9 Å². The van der Waals surface area contributed by atoms with Crippen LogP contribution in [0.25, 0.3) is 21.9 Å². The highest BCUT2D eigenvalue weighted by Crippen LogP contribution is 2.23. The molecule has 4 rings (SSSR count). The van der Waals surface area contributed by atoms with Crippen molar-refractivity contribution in [1.82, 2.24) is 9.78 Å². The van der Waals surface area contributed by atoms with Crippen LogP contribution in [-0.2, 0) is 11.3 Å². The van der Waals surface area contributed by atoms with Gasteiger partial charge in [0.05, 0.1) is 11.7 Å². The van der Waals surface area contributed by atoms with Gasteiger partial charge in [-0.2, -0.15) is 5.10 Å². The highest BCUT2D eigenvalue weighted by Gasteiger charge is 2.17. The van der Waals surface area contributed by atoms with Crippen LogP contribution in [0, 0.1) is 0 Å². The van der Waals surface area contributed by atoms with Crippen LogP contribution in [0.3, 0.4) is 0 Å². The van der Waals surface area contributed by atoms with Crippen LogP contribution in [-0.4, -0.2) is 22.7 Å². The Morgan fingerprint density at radius 2 is 1.88 bits per heavy atom. The zero-order chi connectivity index (χ0) is 18.3. The number of carbonyl (C=O) groups excluding carboxylic acids is 1. The van der Waals surface area contributed by atoms with Gasteiger partial charge in [-0.3, -0.25) is 9.48 Å². The molecule has 130 valence electrons. The van der Waals surface area contributed by atoms with Gasteiger partial charge in [-0.1, -0.05) is 28.1 Å². The Morgan fingerprint density at radius 1 is 1.15 bits per heavy atom. The lowest BCUT2D eigenvalue weighted by Crippen LogP contribution is -2.30. The van der Waals surface area contributed by atoms with Crippen LogP contribution in [0.1, 0.15) is 0 Å². The summed E-state index contributed by atoms with van der Waals surface area (Å²) >= 11 is 3.38. The highest BCUT2D eigenvalue weighted by molar-refractivity contribution is 9.10. The molecule has 0 spiro atoms. The summed E-state index contributed by atoms with van der Waals surface area (Å²) in [5.41, 5.74) is 1.40. The molecule has 0 radical (unpaired) electrons. The zero-order valence-corrected chi connectivity index (χ0v) is 15.4. The smallest absolute Gasteiger partial charge is 0.347 e. The van der Waals surface area contributed by atoms with E-state index in [1.165, 1.54) is 6.20 Å². The van der Waals surface area contributed by atoms with E-state index in [9.17, 15) is 9.59 Å². The number of benzene rings is 2.